The predicted molar refractivity (Wildman–Crippen MR) is 72.8 cm³/mol. The smallest absolute Gasteiger partial charge is 0.127 e. The van der Waals surface area contributed by atoms with E-state index in [2.05, 4.69) is 23.3 Å². The maximum atomic E-state index is 6.11. The maximum absolute atomic E-state index is 6.11. The van der Waals surface area contributed by atoms with Crippen molar-refractivity contribution in [3.05, 3.63) is 21.9 Å². The highest BCUT2D eigenvalue weighted by atomic mass is 32.1. The molecule has 0 unspecified atom stereocenters. The molecule has 0 aliphatic carbocycles. The first kappa shape index (κ1) is 11.2. The van der Waals surface area contributed by atoms with Crippen LogP contribution in [0.3, 0.4) is 0 Å². The van der Waals surface area contributed by atoms with Crippen molar-refractivity contribution in [3.8, 4) is 0 Å². The topological polar surface area (TPSA) is 41.6 Å². The minimum absolute atomic E-state index is 0.105. The van der Waals surface area contributed by atoms with E-state index in [4.69, 9.17) is 10.7 Å². The van der Waals surface area contributed by atoms with E-state index in [1.54, 1.807) is 0 Å². The van der Waals surface area contributed by atoms with Gasteiger partial charge in [-0.1, -0.05) is 6.92 Å². The zero-order valence-electron chi connectivity index (χ0n) is 10.3. The fourth-order valence-electron chi connectivity index (χ4n) is 2.93. The van der Waals surface area contributed by atoms with E-state index in [1.807, 2.05) is 11.3 Å². The molecule has 3 heterocycles. The molecule has 3 nitrogen and oxygen atoms in total. The van der Waals surface area contributed by atoms with E-state index in [-0.39, 0.29) is 5.54 Å². The molecule has 0 saturated carbocycles. The maximum Gasteiger partial charge on any atom is 0.127 e. The van der Waals surface area contributed by atoms with Gasteiger partial charge in [-0.2, -0.15) is 0 Å². The molecule has 1 aromatic heterocycles. The van der Waals surface area contributed by atoms with Gasteiger partial charge in [-0.3, -0.25) is 4.99 Å². The molecular formula is C13H19N3S. The predicted octanol–water partition coefficient (Wildman–Crippen LogP) is 1.86. The minimum atomic E-state index is 0.105. The Morgan fingerprint density at radius 1 is 1.47 bits per heavy atom. The molecule has 0 atom stereocenters. The van der Waals surface area contributed by atoms with Crippen LogP contribution < -0.4 is 5.73 Å². The van der Waals surface area contributed by atoms with Crippen LogP contribution >= 0.6 is 11.3 Å². The van der Waals surface area contributed by atoms with Crippen molar-refractivity contribution in [1.29, 1.82) is 0 Å². The standard InChI is InChI=1S/C13H19N3S/c1-2-16-6-4-13(5-7-16)9-11-10(3-8-17-11)12(14)15-13/h3,8H,2,4-7,9H2,1H3,(H2,14,15). The first-order valence-electron chi connectivity index (χ1n) is 6.37. The summed E-state index contributed by atoms with van der Waals surface area (Å²) >= 11 is 1.83. The van der Waals surface area contributed by atoms with E-state index in [1.165, 1.54) is 10.4 Å². The molecular weight excluding hydrogens is 230 g/mol. The normalized spacial score (nSPS) is 23.5. The number of thiophene rings is 1. The molecule has 0 aromatic carbocycles. The monoisotopic (exact) mass is 249 g/mol. The Labute approximate surface area is 106 Å². The molecule has 4 heteroatoms. The molecule has 92 valence electrons. The largest absolute Gasteiger partial charge is 0.383 e. The molecule has 17 heavy (non-hydrogen) atoms. The van der Waals surface area contributed by atoms with Crippen LogP contribution in [0, 0.1) is 0 Å². The highest BCUT2D eigenvalue weighted by molar-refractivity contribution is 7.10. The highest BCUT2D eigenvalue weighted by Gasteiger charge is 2.38. The second-order valence-electron chi connectivity index (χ2n) is 5.09. The quantitative estimate of drug-likeness (QED) is 0.825. The fourth-order valence-corrected chi connectivity index (χ4v) is 3.95. The van der Waals surface area contributed by atoms with E-state index in [0.717, 1.165) is 44.7 Å². The Kier molecular flexibility index (Phi) is 2.71. The highest BCUT2D eigenvalue weighted by Crippen LogP contribution is 2.36. The lowest BCUT2D eigenvalue weighted by molar-refractivity contribution is 0.169. The van der Waals surface area contributed by atoms with Crippen molar-refractivity contribution in [2.24, 2.45) is 10.7 Å². The number of likely N-dealkylation sites (tertiary alicyclic amines) is 1. The number of amidine groups is 1. The number of rotatable bonds is 1. The van der Waals surface area contributed by atoms with Gasteiger partial charge >= 0.3 is 0 Å². The van der Waals surface area contributed by atoms with Crippen molar-refractivity contribution in [2.75, 3.05) is 19.6 Å². The molecule has 2 aliphatic rings. The van der Waals surface area contributed by atoms with Crippen molar-refractivity contribution >= 4 is 17.2 Å². The average molecular weight is 249 g/mol. The summed E-state index contributed by atoms with van der Waals surface area (Å²) in [7, 11) is 0. The lowest BCUT2D eigenvalue weighted by Gasteiger charge is -2.40. The lowest BCUT2D eigenvalue weighted by atomic mass is 9.82. The third-order valence-electron chi connectivity index (χ3n) is 4.10. The Hall–Kier alpha value is -0.870. The number of piperidine rings is 1. The van der Waals surface area contributed by atoms with Crippen molar-refractivity contribution in [2.45, 2.75) is 31.7 Å². The zero-order chi connectivity index (χ0) is 11.9. The van der Waals surface area contributed by atoms with Crippen LogP contribution in [-0.4, -0.2) is 35.9 Å². The van der Waals surface area contributed by atoms with E-state index >= 15 is 0 Å². The Bertz CT molecular complexity index is 441. The van der Waals surface area contributed by atoms with E-state index in [9.17, 15) is 0 Å². The van der Waals surface area contributed by atoms with Gasteiger partial charge in [-0.15, -0.1) is 11.3 Å². The van der Waals surface area contributed by atoms with Gasteiger partial charge in [-0.05, 0) is 30.8 Å². The first-order chi connectivity index (χ1) is 8.22. The number of nitrogens with zero attached hydrogens (tertiary/aromatic N) is 2. The van der Waals surface area contributed by atoms with Crippen molar-refractivity contribution < 1.29 is 0 Å². The zero-order valence-corrected chi connectivity index (χ0v) is 11.1. The summed E-state index contributed by atoms with van der Waals surface area (Å²) in [6.07, 6.45) is 3.40. The molecule has 0 radical (unpaired) electrons. The second kappa shape index (κ2) is 4.10. The molecule has 2 N–H and O–H groups in total. The number of hydrogen-bond acceptors (Lipinski definition) is 4. The third-order valence-corrected chi connectivity index (χ3v) is 5.02. The summed E-state index contributed by atoms with van der Waals surface area (Å²) in [5.74, 6) is 0.762. The van der Waals surface area contributed by atoms with Gasteiger partial charge in [0.1, 0.15) is 5.84 Å². The molecule has 1 fully saturated rings. The summed E-state index contributed by atoms with van der Waals surface area (Å²) in [5, 5.41) is 2.13. The van der Waals surface area contributed by atoms with Gasteiger partial charge < -0.3 is 10.6 Å². The lowest BCUT2D eigenvalue weighted by Crippen LogP contribution is -2.47. The minimum Gasteiger partial charge on any atom is -0.383 e. The van der Waals surface area contributed by atoms with Gasteiger partial charge in [0.25, 0.3) is 0 Å². The van der Waals surface area contributed by atoms with Crippen LogP contribution in [0.1, 0.15) is 30.2 Å². The number of fused-ring (bicyclic) bond motifs is 1. The summed E-state index contributed by atoms with van der Waals surface area (Å²) in [4.78, 5) is 8.76. The van der Waals surface area contributed by atoms with Crippen LogP contribution in [0.4, 0.5) is 0 Å². The molecule has 0 amide bonds. The number of nitrogens with two attached hydrogens (primary N) is 1. The van der Waals surface area contributed by atoms with Crippen LogP contribution in [0.2, 0.25) is 0 Å². The summed E-state index contributed by atoms with van der Waals surface area (Å²) in [6.45, 7) is 5.70. The molecule has 1 aromatic rings. The third kappa shape index (κ3) is 1.89. The summed E-state index contributed by atoms with van der Waals surface area (Å²) < 4.78 is 0. The first-order valence-corrected chi connectivity index (χ1v) is 7.25. The van der Waals surface area contributed by atoms with Gasteiger partial charge in [0, 0.05) is 30.0 Å². The Morgan fingerprint density at radius 2 is 2.24 bits per heavy atom. The van der Waals surface area contributed by atoms with Crippen LogP contribution in [-0.2, 0) is 6.42 Å². The second-order valence-corrected chi connectivity index (χ2v) is 6.09. The van der Waals surface area contributed by atoms with Crippen LogP contribution in [0.5, 0.6) is 0 Å². The van der Waals surface area contributed by atoms with E-state index in [0.29, 0.717) is 0 Å². The Balaban J connectivity index is 1.85. The molecule has 1 saturated heterocycles. The summed E-state index contributed by atoms with van der Waals surface area (Å²) in [5.41, 5.74) is 7.39. The molecule has 2 aliphatic heterocycles. The van der Waals surface area contributed by atoms with Crippen LogP contribution in [0.15, 0.2) is 16.4 Å². The van der Waals surface area contributed by atoms with Gasteiger partial charge in [0.15, 0.2) is 0 Å². The average Bonchev–Trinajstić information content (AvgIpc) is 2.78. The summed E-state index contributed by atoms with van der Waals surface area (Å²) in [6, 6.07) is 2.10. The number of aliphatic imine (C=N–C) groups is 1. The molecule has 1 spiro atoms. The molecule has 3 rings (SSSR count). The van der Waals surface area contributed by atoms with Gasteiger partial charge in [-0.25, -0.2) is 0 Å². The SMILES string of the molecule is CCN1CCC2(CC1)Cc1sccc1C(N)=N2. The van der Waals surface area contributed by atoms with Gasteiger partial charge in [0.05, 0.1) is 5.54 Å². The molecule has 0 bridgehead atoms. The van der Waals surface area contributed by atoms with Crippen molar-refractivity contribution in [1.82, 2.24) is 4.90 Å². The van der Waals surface area contributed by atoms with Crippen LogP contribution in [0.25, 0.3) is 0 Å². The van der Waals surface area contributed by atoms with E-state index < -0.39 is 0 Å². The number of hydrogen-bond donors (Lipinski definition) is 1. The van der Waals surface area contributed by atoms with Crippen molar-refractivity contribution in [3.63, 3.8) is 0 Å². The fraction of sp³-hybridized carbons (Fsp3) is 0.615. The Morgan fingerprint density at radius 3 is 2.94 bits per heavy atom. The van der Waals surface area contributed by atoms with Gasteiger partial charge in [0.2, 0.25) is 0 Å².